The van der Waals surface area contributed by atoms with Gasteiger partial charge in [0, 0.05) is 6.61 Å². The molecule has 2 unspecified atom stereocenters. The van der Waals surface area contributed by atoms with Crippen molar-refractivity contribution in [1.29, 1.82) is 0 Å². The van der Waals surface area contributed by atoms with Gasteiger partial charge in [-0.1, -0.05) is 12.1 Å². The summed E-state index contributed by atoms with van der Waals surface area (Å²) >= 11 is 0. The van der Waals surface area contributed by atoms with Gasteiger partial charge in [-0.25, -0.2) is 4.79 Å². The molecule has 1 aliphatic heterocycles. The molecule has 0 aliphatic carbocycles. The molecule has 16 heavy (non-hydrogen) atoms. The topological polar surface area (TPSA) is 63.6 Å². The van der Waals surface area contributed by atoms with Gasteiger partial charge >= 0.3 is 5.97 Å². The number of hydrogen-bond acceptors (Lipinski definition) is 3. The van der Waals surface area contributed by atoms with Crippen LogP contribution in [0.25, 0.3) is 0 Å². The zero-order valence-corrected chi connectivity index (χ0v) is 9.40. The van der Waals surface area contributed by atoms with E-state index in [1.165, 1.54) is 6.07 Å². The van der Waals surface area contributed by atoms with Gasteiger partial charge in [0.1, 0.15) is 0 Å². The van der Waals surface area contributed by atoms with Gasteiger partial charge in [0.15, 0.2) is 0 Å². The minimum atomic E-state index is -1.30. The van der Waals surface area contributed by atoms with E-state index < -0.39 is 16.8 Å². The number of carboxylic acid groups (broad SMARTS) is 1. The lowest BCUT2D eigenvalue weighted by molar-refractivity contribution is 0.0693. The summed E-state index contributed by atoms with van der Waals surface area (Å²) in [5.74, 6) is -1.04. The highest BCUT2D eigenvalue weighted by Crippen LogP contribution is 2.21. The first-order chi connectivity index (χ1) is 7.70. The molecular formula is C11H12O4S. The molecule has 5 heteroatoms. The van der Waals surface area contributed by atoms with E-state index in [0.29, 0.717) is 18.1 Å². The first-order valence-corrected chi connectivity index (χ1v) is 6.22. The number of aromatic carboxylic acids is 1. The second kappa shape index (κ2) is 4.76. The van der Waals surface area contributed by atoms with Crippen LogP contribution in [0.1, 0.15) is 16.8 Å². The fourth-order valence-corrected chi connectivity index (χ4v) is 3.15. The molecule has 2 rings (SSSR count). The summed E-state index contributed by atoms with van der Waals surface area (Å²) in [5, 5.41) is 8.91. The van der Waals surface area contributed by atoms with E-state index >= 15 is 0 Å². The SMILES string of the molecule is O=C(O)c1ccccc1S(=O)C1CCOC1. The van der Waals surface area contributed by atoms with Crippen molar-refractivity contribution in [3.63, 3.8) is 0 Å². The Bertz CT molecular complexity index is 424. The number of carbonyl (C=O) groups is 1. The molecule has 1 heterocycles. The summed E-state index contributed by atoms with van der Waals surface area (Å²) in [5.41, 5.74) is 0.118. The summed E-state index contributed by atoms with van der Waals surface area (Å²) in [6.07, 6.45) is 0.723. The average molecular weight is 240 g/mol. The maximum atomic E-state index is 12.1. The minimum Gasteiger partial charge on any atom is -0.478 e. The van der Waals surface area contributed by atoms with Crippen molar-refractivity contribution >= 4 is 16.8 Å². The minimum absolute atomic E-state index is 0.0829. The van der Waals surface area contributed by atoms with Crippen LogP contribution < -0.4 is 0 Å². The van der Waals surface area contributed by atoms with Gasteiger partial charge in [-0.15, -0.1) is 0 Å². The van der Waals surface area contributed by atoms with Gasteiger partial charge in [0.25, 0.3) is 0 Å². The summed E-state index contributed by atoms with van der Waals surface area (Å²) in [4.78, 5) is 11.4. The van der Waals surface area contributed by atoms with Crippen LogP contribution in [0.5, 0.6) is 0 Å². The fourth-order valence-electron chi connectivity index (χ4n) is 1.68. The van der Waals surface area contributed by atoms with E-state index in [1.54, 1.807) is 18.2 Å². The standard InChI is InChI=1S/C11H12O4S/c12-11(13)9-3-1-2-4-10(9)16(14)8-5-6-15-7-8/h1-4,8H,5-7H2,(H,12,13). The molecule has 1 aromatic carbocycles. The zero-order valence-electron chi connectivity index (χ0n) is 8.59. The highest BCUT2D eigenvalue weighted by Gasteiger charge is 2.26. The van der Waals surface area contributed by atoms with E-state index in [9.17, 15) is 9.00 Å². The third kappa shape index (κ3) is 2.15. The van der Waals surface area contributed by atoms with Crippen LogP contribution >= 0.6 is 0 Å². The highest BCUT2D eigenvalue weighted by atomic mass is 32.2. The lowest BCUT2D eigenvalue weighted by Crippen LogP contribution is -2.17. The number of ether oxygens (including phenoxy) is 1. The molecule has 0 spiro atoms. The van der Waals surface area contributed by atoms with Gasteiger partial charge in [0.05, 0.1) is 33.1 Å². The van der Waals surface area contributed by atoms with E-state index in [0.717, 1.165) is 6.42 Å². The molecule has 4 nitrogen and oxygen atoms in total. The second-order valence-electron chi connectivity index (χ2n) is 3.58. The molecule has 1 N–H and O–H groups in total. The lowest BCUT2D eigenvalue weighted by atomic mass is 10.2. The molecular weight excluding hydrogens is 228 g/mol. The van der Waals surface area contributed by atoms with Crippen LogP contribution in [0.2, 0.25) is 0 Å². The van der Waals surface area contributed by atoms with Crippen molar-refractivity contribution in [2.75, 3.05) is 13.2 Å². The zero-order chi connectivity index (χ0) is 11.5. The van der Waals surface area contributed by atoms with E-state index in [1.807, 2.05) is 0 Å². The lowest BCUT2D eigenvalue weighted by Gasteiger charge is -2.09. The Labute approximate surface area is 95.7 Å². The Morgan fingerprint density at radius 1 is 1.44 bits per heavy atom. The molecule has 0 bridgehead atoms. The Morgan fingerprint density at radius 3 is 2.81 bits per heavy atom. The van der Waals surface area contributed by atoms with Gasteiger partial charge in [-0.3, -0.25) is 4.21 Å². The van der Waals surface area contributed by atoms with Crippen molar-refractivity contribution in [2.45, 2.75) is 16.6 Å². The highest BCUT2D eigenvalue weighted by molar-refractivity contribution is 7.85. The Morgan fingerprint density at radius 2 is 2.19 bits per heavy atom. The molecule has 86 valence electrons. The van der Waals surface area contributed by atoms with Crippen molar-refractivity contribution in [1.82, 2.24) is 0 Å². The van der Waals surface area contributed by atoms with E-state index in [2.05, 4.69) is 0 Å². The monoisotopic (exact) mass is 240 g/mol. The smallest absolute Gasteiger partial charge is 0.336 e. The van der Waals surface area contributed by atoms with Crippen LogP contribution in [0.4, 0.5) is 0 Å². The molecule has 0 amide bonds. The quantitative estimate of drug-likeness (QED) is 0.864. The Hall–Kier alpha value is -1.20. The third-order valence-electron chi connectivity index (χ3n) is 2.52. The van der Waals surface area contributed by atoms with Crippen LogP contribution in [-0.4, -0.2) is 33.7 Å². The van der Waals surface area contributed by atoms with Crippen molar-refractivity contribution in [2.24, 2.45) is 0 Å². The van der Waals surface area contributed by atoms with E-state index in [4.69, 9.17) is 9.84 Å². The first kappa shape index (κ1) is 11.3. The molecule has 1 fully saturated rings. The molecule has 1 aliphatic rings. The number of rotatable bonds is 3. The van der Waals surface area contributed by atoms with Crippen LogP contribution in [0.15, 0.2) is 29.2 Å². The van der Waals surface area contributed by atoms with Crippen LogP contribution in [0, 0.1) is 0 Å². The predicted molar refractivity (Wildman–Crippen MR) is 59.0 cm³/mol. The average Bonchev–Trinajstić information content (AvgIpc) is 2.81. The van der Waals surface area contributed by atoms with Crippen LogP contribution in [-0.2, 0) is 15.5 Å². The molecule has 2 atom stereocenters. The molecule has 0 radical (unpaired) electrons. The van der Waals surface area contributed by atoms with Crippen LogP contribution in [0.3, 0.4) is 0 Å². The molecule has 1 aromatic rings. The third-order valence-corrected chi connectivity index (χ3v) is 4.29. The Kier molecular flexibility index (Phi) is 3.36. The van der Waals surface area contributed by atoms with Gasteiger partial charge in [-0.05, 0) is 18.6 Å². The summed E-state index contributed by atoms with van der Waals surface area (Å²) in [7, 11) is -1.30. The predicted octanol–water partition coefficient (Wildman–Crippen LogP) is 1.28. The molecule has 1 saturated heterocycles. The van der Waals surface area contributed by atoms with Crippen molar-refractivity contribution < 1.29 is 18.8 Å². The number of carboxylic acids is 1. The van der Waals surface area contributed by atoms with Gasteiger partial charge in [-0.2, -0.15) is 0 Å². The Balaban J connectivity index is 2.32. The fraction of sp³-hybridized carbons (Fsp3) is 0.364. The molecule has 0 aromatic heterocycles. The van der Waals surface area contributed by atoms with Gasteiger partial charge < -0.3 is 9.84 Å². The summed E-state index contributed by atoms with van der Waals surface area (Å²) < 4.78 is 17.3. The van der Waals surface area contributed by atoms with Gasteiger partial charge in [0.2, 0.25) is 0 Å². The van der Waals surface area contributed by atoms with Crippen molar-refractivity contribution in [3.8, 4) is 0 Å². The largest absolute Gasteiger partial charge is 0.478 e. The normalized spacial score (nSPS) is 21.9. The number of benzene rings is 1. The van der Waals surface area contributed by atoms with E-state index in [-0.39, 0.29) is 10.8 Å². The second-order valence-corrected chi connectivity index (χ2v) is 5.29. The first-order valence-electron chi connectivity index (χ1n) is 5.01. The number of hydrogen-bond donors (Lipinski definition) is 1. The summed E-state index contributed by atoms with van der Waals surface area (Å²) in [6.45, 7) is 1.05. The molecule has 0 saturated carbocycles. The maximum Gasteiger partial charge on any atom is 0.336 e. The maximum absolute atomic E-state index is 12.1. The van der Waals surface area contributed by atoms with Crippen molar-refractivity contribution in [3.05, 3.63) is 29.8 Å². The summed E-state index contributed by atoms with van der Waals surface area (Å²) in [6, 6.07) is 6.42.